The minimum absolute atomic E-state index is 0.0927. The number of rotatable bonds is 3. The van der Waals surface area contributed by atoms with Gasteiger partial charge in [-0.3, -0.25) is 0 Å². The molecule has 0 radical (unpaired) electrons. The Morgan fingerprint density at radius 1 is 1.29 bits per heavy atom. The molecule has 0 bridgehead atoms. The summed E-state index contributed by atoms with van der Waals surface area (Å²) in [7, 11) is -3.42. The lowest BCUT2D eigenvalue weighted by Gasteiger charge is -2.37. The zero-order valence-corrected chi connectivity index (χ0v) is 13.4. The fourth-order valence-corrected chi connectivity index (χ4v) is 5.78. The Morgan fingerprint density at radius 2 is 2.05 bits per heavy atom. The molecule has 6 heteroatoms. The summed E-state index contributed by atoms with van der Waals surface area (Å²) >= 11 is 0. The van der Waals surface area contributed by atoms with Crippen molar-refractivity contribution in [2.45, 2.75) is 69.6 Å². The van der Waals surface area contributed by atoms with Crippen molar-refractivity contribution in [3.63, 3.8) is 0 Å². The molecular formula is C15H25NO4S. The number of fused-ring (bicyclic) bond motifs is 1. The second kappa shape index (κ2) is 5.54. The van der Waals surface area contributed by atoms with Crippen LogP contribution < -0.4 is 0 Å². The Bertz CT molecular complexity index is 530. The Kier molecular flexibility index (Phi) is 4.03. The monoisotopic (exact) mass is 315 g/mol. The summed E-state index contributed by atoms with van der Waals surface area (Å²) in [6.07, 6.45) is 6.83. The van der Waals surface area contributed by atoms with Crippen molar-refractivity contribution >= 4 is 15.9 Å². The minimum atomic E-state index is -3.42. The molecule has 0 aromatic rings. The van der Waals surface area contributed by atoms with E-state index in [4.69, 9.17) is 4.74 Å². The molecule has 2 fully saturated rings. The number of aliphatic hydroxyl groups excluding tert-OH is 1. The number of hydrogen-bond acceptors (Lipinski definition) is 4. The average Bonchev–Trinajstić information content (AvgIpc) is 2.78. The summed E-state index contributed by atoms with van der Waals surface area (Å²) in [6, 6.07) is 0. The lowest BCUT2D eigenvalue weighted by atomic mass is 9.77. The van der Waals surface area contributed by atoms with Gasteiger partial charge in [0.05, 0.1) is 0 Å². The molecule has 0 aromatic heterocycles. The SMILES string of the molecule is CC1(CC2=NS(=O)(=O)C3CCCCC3O2)CCCC1CO. The van der Waals surface area contributed by atoms with Gasteiger partial charge in [-0.25, -0.2) is 8.42 Å². The molecule has 0 spiro atoms. The van der Waals surface area contributed by atoms with Gasteiger partial charge in [0.25, 0.3) is 10.0 Å². The molecule has 4 atom stereocenters. The van der Waals surface area contributed by atoms with Crippen LogP contribution in [-0.4, -0.2) is 37.4 Å². The number of nitrogens with zero attached hydrogens (tertiary/aromatic N) is 1. The molecular weight excluding hydrogens is 290 g/mol. The summed E-state index contributed by atoms with van der Waals surface area (Å²) in [5.41, 5.74) is -0.0927. The summed E-state index contributed by atoms with van der Waals surface area (Å²) in [6.45, 7) is 2.27. The quantitative estimate of drug-likeness (QED) is 0.866. The lowest BCUT2D eigenvalue weighted by molar-refractivity contribution is 0.106. The van der Waals surface area contributed by atoms with Crippen molar-refractivity contribution in [1.82, 2.24) is 0 Å². The third kappa shape index (κ3) is 2.84. The molecule has 3 rings (SSSR count). The van der Waals surface area contributed by atoms with E-state index in [1.54, 1.807) is 0 Å². The predicted molar refractivity (Wildman–Crippen MR) is 80.6 cm³/mol. The van der Waals surface area contributed by atoms with Crippen LogP contribution in [0.4, 0.5) is 0 Å². The van der Waals surface area contributed by atoms with Gasteiger partial charge in [0.1, 0.15) is 11.4 Å². The third-order valence-electron chi connectivity index (χ3n) is 5.60. The normalized spacial score (nSPS) is 42.0. The van der Waals surface area contributed by atoms with Gasteiger partial charge in [-0.05, 0) is 43.4 Å². The van der Waals surface area contributed by atoms with Gasteiger partial charge >= 0.3 is 0 Å². The number of ether oxygens (including phenoxy) is 1. The van der Waals surface area contributed by atoms with E-state index < -0.39 is 15.3 Å². The van der Waals surface area contributed by atoms with Gasteiger partial charge in [0, 0.05) is 13.0 Å². The van der Waals surface area contributed by atoms with Crippen LogP contribution in [0.15, 0.2) is 4.40 Å². The molecule has 120 valence electrons. The minimum Gasteiger partial charge on any atom is -0.475 e. The highest BCUT2D eigenvalue weighted by Crippen LogP contribution is 2.46. The summed E-state index contributed by atoms with van der Waals surface area (Å²) in [5, 5.41) is 9.08. The number of aliphatic hydroxyl groups is 1. The van der Waals surface area contributed by atoms with Crippen LogP contribution in [0.1, 0.15) is 58.3 Å². The molecule has 1 N–H and O–H groups in total. The van der Waals surface area contributed by atoms with Crippen LogP contribution in [0, 0.1) is 11.3 Å². The van der Waals surface area contributed by atoms with Gasteiger partial charge in [-0.1, -0.05) is 19.8 Å². The van der Waals surface area contributed by atoms with Gasteiger partial charge in [0.15, 0.2) is 0 Å². The van der Waals surface area contributed by atoms with E-state index in [9.17, 15) is 13.5 Å². The Hall–Kier alpha value is -0.620. The zero-order valence-electron chi connectivity index (χ0n) is 12.6. The van der Waals surface area contributed by atoms with Crippen molar-refractivity contribution in [2.75, 3.05) is 6.61 Å². The number of hydrogen-bond donors (Lipinski definition) is 1. The molecule has 4 unspecified atom stereocenters. The van der Waals surface area contributed by atoms with E-state index in [2.05, 4.69) is 11.3 Å². The maximum Gasteiger partial charge on any atom is 0.262 e. The zero-order chi connectivity index (χ0) is 15.1. The highest BCUT2D eigenvalue weighted by Gasteiger charge is 2.45. The molecule has 1 heterocycles. The number of sulfonamides is 1. The van der Waals surface area contributed by atoms with E-state index in [1.807, 2.05) is 0 Å². The van der Waals surface area contributed by atoms with Crippen molar-refractivity contribution in [3.05, 3.63) is 0 Å². The Balaban J connectivity index is 1.81. The van der Waals surface area contributed by atoms with Crippen LogP contribution in [0.5, 0.6) is 0 Å². The van der Waals surface area contributed by atoms with Crippen molar-refractivity contribution < 1.29 is 18.3 Å². The predicted octanol–water partition coefficient (Wildman–Crippen LogP) is 2.24. The molecule has 5 nitrogen and oxygen atoms in total. The third-order valence-corrected chi connectivity index (χ3v) is 7.37. The standard InChI is InChI=1S/C15H25NO4S/c1-15(8-4-5-11(15)10-17)9-14-16-21(18,19)13-7-3-2-6-12(13)20-14/h11-13,17H,2-10H2,1H3. The molecule has 21 heavy (non-hydrogen) atoms. The molecule has 0 aromatic carbocycles. The van der Waals surface area contributed by atoms with Crippen LogP contribution in [0.25, 0.3) is 0 Å². The van der Waals surface area contributed by atoms with Gasteiger partial charge < -0.3 is 9.84 Å². The first-order valence-corrected chi connectivity index (χ1v) is 9.55. The summed E-state index contributed by atoms with van der Waals surface area (Å²) in [5.74, 6) is 0.594. The smallest absolute Gasteiger partial charge is 0.262 e. The maximum absolute atomic E-state index is 12.3. The maximum atomic E-state index is 12.3. The largest absolute Gasteiger partial charge is 0.475 e. The molecule has 2 saturated carbocycles. The molecule has 0 amide bonds. The average molecular weight is 315 g/mol. The van der Waals surface area contributed by atoms with Gasteiger partial charge in [0.2, 0.25) is 5.90 Å². The second-order valence-corrected chi connectivity index (χ2v) is 8.90. The first-order chi connectivity index (χ1) is 9.94. The van der Waals surface area contributed by atoms with E-state index in [-0.39, 0.29) is 24.0 Å². The van der Waals surface area contributed by atoms with Crippen LogP contribution in [-0.2, 0) is 14.8 Å². The van der Waals surface area contributed by atoms with Crippen molar-refractivity contribution in [2.24, 2.45) is 15.7 Å². The fraction of sp³-hybridized carbons (Fsp3) is 0.933. The Labute approximate surface area is 126 Å². The summed E-state index contributed by atoms with van der Waals surface area (Å²) in [4.78, 5) is 0. The second-order valence-electron chi connectivity index (χ2n) is 7.08. The first-order valence-electron chi connectivity index (χ1n) is 8.05. The molecule has 3 aliphatic rings. The van der Waals surface area contributed by atoms with E-state index in [0.717, 1.165) is 38.5 Å². The molecule has 0 saturated heterocycles. The molecule has 2 aliphatic carbocycles. The topological polar surface area (TPSA) is 76.0 Å². The van der Waals surface area contributed by atoms with Gasteiger partial charge in [-0.15, -0.1) is 4.40 Å². The van der Waals surface area contributed by atoms with E-state index in [0.29, 0.717) is 18.7 Å². The highest BCUT2D eigenvalue weighted by atomic mass is 32.2. The van der Waals surface area contributed by atoms with E-state index >= 15 is 0 Å². The first kappa shape index (κ1) is 15.3. The van der Waals surface area contributed by atoms with Crippen LogP contribution in [0.3, 0.4) is 0 Å². The van der Waals surface area contributed by atoms with Gasteiger partial charge in [-0.2, -0.15) is 0 Å². The van der Waals surface area contributed by atoms with Crippen LogP contribution >= 0.6 is 0 Å². The summed E-state index contributed by atoms with van der Waals surface area (Å²) < 4.78 is 34.6. The lowest BCUT2D eigenvalue weighted by Crippen LogP contribution is -2.44. The van der Waals surface area contributed by atoms with Crippen molar-refractivity contribution in [1.29, 1.82) is 0 Å². The van der Waals surface area contributed by atoms with Crippen molar-refractivity contribution in [3.8, 4) is 0 Å². The Morgan fingerprint density at radius 3 is 2.81 bits per heavy atom. The fourth-order valence-electron chi connectivity index (χ4n) is 4.21. The molecule has 1 aliphatic heterocycles. The van der Waals surface area contributed by atoms with E-state index in [1.165, 1.54) is 0 Å². The highest BCUT2D eigenvalue weighted by molar-refractivity contribution is 7.91. The van der Waals surface area contributed by atoms with Crippen LogP contribution in [0.2, 0.25) is 0 Å².